The van der Waals surface area contributed by atoms with Gasteiger partial charge in [-0.05, 0) is 58.5 Å². The van der Waals surface area contributed by atoms with E-state index in [0.29, 0.717) is 12.5 Å². The highest BCUT2D eigenvalue weighted by molar-refractivity contribution is 7.87. The van der Waals surface area contributed by atoms with E-state index < -0.39 is 10.2 Å². The maximum Gasteiger partial charge on any atom is 0.279 e. The molecule has 114 valence electrons. The van der Waals surface area contributed by atoms with Crippen molar-refractivity contribution >= 4 is 10.2 Å². The number of nitrogens with one attached hydrogen (secondary N) is 2. The van der Waals surface area contributed by atoms with Crippen LogP contribution >= 0.6 is 0 Å². The van der Waals surface area contributed by atoms with Crippen molar-refractivity contribution in [2.24, 2.45) is 5.92 Å². The molecule has 1 rings (SSSR count). The van der Waals surface area contributed by atoms with Gasteiger partial charge in [-0.2, -0.15) is 17.4 Å². The number of hydrogen-bond acceptors (Lipinski definition) is 3. The Hall–Kier alpha value is -0.170. The van der Waals surface area contributed by atoms with Crippen LogP contribution < -0.4 is 10.0 Å². The van der Waals surface area contributed by atoms with Crippen molar-refractivity contribution in [1.82, 2.24) is 14.3 Å². The van der Waals surface area contributed by atoms with Crippen molar-refractivity contribution in [3.63, 3.8) is 0 Å². The van der Waals surface area contributed by atoms with Gasteiger partial charge in [0.1, 0.15) is 0 Å². The van der Waals surface area contributed by atoms with E-state index in [1.54, 1.807) is 7.05 Å². The molecule has 1 saturated carbocycles. The standard InChI is InChI=1S/C13H29N3O2S/c1-5-9-14-10-6-11-16(4)19(17,18)15-13(2,3)12-7-8-12/h12,14-15H,5-11H2,1-4H3. The van der Waals surface area contributed by atoms with Crippen molar-refractivity contribution in [2.45, 2.75) is 52.0 Å². The lowest BCUT2D eigenvalue weighted by Crippen LogP contribution is -2.50. The molecule has 19 heavy (non-hydrogen) atoms. The Balaban J connectivity index is 2.34. The minimum Gasteiger partial charge on any atom is -0.317 e. The van der Waals surface area contributed by atoms with Gasteiger partial charge in [0.15, 0.2) is 0 Å². The minimum atomic E-state index is -3.36. The fourth-order valence-electron chi connectivity index (χ4n) is 2.15. The van der Waals surface area contributed by atoms with Gasteiger partial charge >= 0.3 is 0 Å². The van der Waals surface area contributed by atoms with Gasteiger partial charge in [0, 0.05) is 19.1 Å². The SMILES string of the molecule is CCCNCCCN(C)S(=O)(=O)NC(C)(C)C1CC1. The summed E-state index contributed by atoms with van der Waals surface area (Å²) in [5.74, 6) is 0.488. The Labute approximate surface area is 118 Å². The first-order valence-corrected chi connectivity index (χ1v) is 8.69. The molecule has 2 N–H and O–H groups in total. The van der Waals surface area contributed by atoms with Gasteiger partial charge in [-0.15, -0.1) is 0 Å². The number of rotatable bonds is 10. The topological polar surface area (TPSA) is 61.4 Å². The summed E-state index contributed by atoms with van der Waals surface area (Å²) in [6.07, 6.45) is 4.19. The highest BCUT2D eigenvalue weighted by atomic mass is 32.2. The second-order valence-corrected chi connectivity index (χ2v) is 7.81. The van der Waals surface area contributed by atoms with E-state index in [-0.39, 0.29) is 5.54 Å². The first-order valence-electron chi connectivity index (χ1n) is 7.25. The second-order valence-electron chi connectivity index (χ2n) is 6.03. The Morgan fingerprint density at radius 3 is 2.42 bits per heavy atom. The molecule has 0 aliphatic heterocycles. The molecule has 0 atom stereocenters. The number of hydrogen-bond donors (Lipinski definition) is 2. The third-order valence-electron chi connectivity index (χ3n) is 3.65. The summed E-state index contributed by atoms with van der Waals surface area (Å²) in [4.78, 5) is 0. The Morgan fingerprint density at radius 1 is 1.26 bits per heavy atom. The molecule has 0 aromatic heterocycles. The second kappa shape index (κ2) is 7.02. The molecule has 1 aliphatic rings. The molecule has 0 unspecified atom stereocenters. The van der Waals surface area contributed by atoms with E-state index in [2.05, 4.69) is 17.0 Å². The predicted molar refractivity (Wildman–Crippen MR) is 79.3 cm³/mol. The quantitative estimate of drug-likeness (QED) is 0.597. The van der Waals surface area contributed by atoms with Crippen LogP contribution in [0.2, 0.25) is 0 Å². The van der Waals surface area contributed by atoms with Gasteiger partial charge in [-0.3, -0.25) is 0 Å². The van der Waals surface area contributed by atoms with Gasteiger partial charge in [0.25, 0.3) is 10.2 Å². The van der Waals surface area contributed by atoms with E-state index in [4.69, 9.17) is 0 Å². The molecular weight excluding hydrogens is 262 g/mol. The molecule has 0 spiro atoms. The lowest BCUT2D eigenvalue weighted by Gasteiger charge is -2.29. The van der Waals surface area contributed by atoms with Gasteiger partial charge in [-0.25, -0.2) is 0 Å². The maximum absolute atomic E-state index is 12.2. The Morgan fingerprint density at radius 2 is 1.89 bits per heavy atom. The van der Waals surface area contributed by atoms with Crippen LogP contribution in [0.5, 0.6) is 0 Å². The van der Waals surface area contributed by atoms with Crippen molar-refractivity contribution in [3.8, 4) is 0 Å². The van der Waals surface area contributed by atoms with Crippen LogP contribution in [-0.4, -0.2) is 44.9 Å². The highest BCUT2D eigenvalue weighted by Crippen LogP contribution is 2.39. The largest absolute Gasteiger partial charge is 0.317 e. The number of nitrogens with zero attached hydrogens (tertiary/aromatic N) is 1. The third-order valence-corrected chi connectivity index (χ3v) is 5.44. The molecule has 1 fully saturated rings. The van der Waals surface area contributed by atoms with Gasteiger partial charge in [0.2, 0.25) is 0 Å². The molecule has 1 aliphatic carbocycles. The lowest BCUT2D eigenvalue weighted by molar-refractivity contribution is 0.372. The molecule has 0 heterocycles. The van der Waals surface area contributed by atoms with E-state index >= 15 is 0 Å². The zero-order valence-electron chi connectivity index (χ0n) is 12.7. The molecule has 0 bridgehead atoms. The Bertz CT molecular complexity index is 364. The summed E-state index contributed by atoms with van der Waals surface area (Å²) in [7, 11) is -1.72. The lowest BCUT2D eigenvalue weighted by atomic mass is 10.0. The Kier molecular flexibility index (Phi) is 6.23. The normalized spacial score (nSPS) is 17.1. The van der Waals surface area contributed by atoms with Crippen LogP contribution in [0.1, 0.15) is 46.5 Å². The van der Waals surface area contributed by atoms with Crippen LogP contribution in [-0.2, 0) is 10.2 Å². The fraction of sp³-hybridized carbons (Fsp3) is 1.00. The van der Waals surface area contributed by atoms with Crippen LogP contribution in [0, 0.1) is 5.92 Å². The summed E-state index contributed by atoms with van der Waals surface area (Å²) in [5, 5.41) is 3.28. The molecule has 6 heteroatoms. The maximum atomic E-state index is 12.2. The summed E-state index contributed by atoms with van der Waals surface area (Å²) in [6.45, 7) is 8.46. The molecular formula is C13H29N3O2S. The van der Waals surface area contributed by atoms with Crippen LogP contribution in [0.4, 0.5) is 0 Å². The zero-order valence-corrected chi connectivity index (χ0v) is 13.5. The predicted octanol–water partition coefficient (Wildman–Crippen LogP) is 1.33. The van der Waals surface area contributed by atoms with Crippen molar-refractivity contribution < 1.29 is 8.42 Å². The van der Waals surface area contributed by atoms with E-state index in [0.717, 1.165) is 38.8 Å². The first kappa shape index (κ1) is 16.9. The summed E-state index contributed by atoms with van der Waals surface area (Å²) < 4.78 is 28.6. The highest BCUT2D eigenvalue weighted by Gasteiger charge is 2.41. The molecule has 0 aromatic carbocycles. The fourth-order valence-corrected chi connectivity index (χ4v) is 3.50. The third kappa shape index (κ3) is 5.77. The summed E-state index contributed by atoms with van der Waals surface area (Å²) >= 11 is 0. The van der Waals surface area contributed by atoms with Crippen molar-refractivity contribution in [2.75, 3.05) is 26.7 Å². The average Bonchev–Trinajstić information content (AvgIpc) is 3.11. The van der Waals surface area contributed by atoms with E-state index in [9.17, 15) is 8.42 Å². The van der Waals surface area contributed by atoms with Crippen LogP contribution in [0.3, 0.4) is 0 Å². The molecule has 0 aromatic rings. The summed E-state index contributed by atoms with van der Waals surface area (Å²) in [5.41, 5.74) is -0.326. The van der Waals surface area contributed by atoms with Gasteiger partial charge in [-0.1, -0.05) is 6.92 Å². The van der Waals surface area contributed by atoms with Gasteiger partial charge < -0.3 is 5.32 Å². The molecule has 5 nitrogen and oxygen atoms in total. The van der Waals surface area contributed by atoms with Crippen molar-refractivity contribution in [3.05, 3.63) is 0 Å². The molecule has 0 radical (unpaired) electrons. The van der Waals surface area contributed by atoms with Gasteiger partial charge in [0.05, 0.1) is 0 Å². The van der Waals surface area contributed by atoms with Crippen LogP contribution in [0.15, 0.2) is 0 Å². The molecule has 0 amide bonds. The first-order chi connectivity index (χ1) is 8.79. The van der Waals surface area contributed by atoms with E-state index in [1.165, 1.54) is 4.31 Å². The van der Waals surface area contributed by atoms with E-state index in [1.807, 2.05) is 13.8 Å². The average molecular weight is 291 g/mol. The van der Waals surface area contributed by atoms with Crippen LogP contribution in [0.25, 0.3) is 0 Å². The zero-order chi connectivity index (χ0) is 14.5. The summed E-state index contributed by atoms with van der Waals surface area (Å²) in [6, 6.07) is 0. The molecule has 0 saturated heterocycles. The van der Waals surface area contributed by atoms with Crippen molar-refractivity contribution in [1.29, 1.82) is 0 Å². The monoisotopic (exact) mass is 291 g/mol. The smallest absolute Gasteiger partial charge is 0.279 e. The minimum absolute atomic E-state index is 0.326.